The van der Waals surface area contributed by atoms with Gasteiger partial charge >= 0.3 is 5.97 Å². The van der Waals surface area contributed by atoms with Crippen molar-refractivity contribution in [3.8, 4) is 11.5 Å². The number of carbonyl (C=O) groups excluding carboxylic acids is 3. The first-order chi connectivity index (χ1) is 17.9. The second-order valence-corrected chi connectivity index (χ2v) is 11.2. The number of likely N-dealkylation sites (N-methyl/N-ethyl adjacent to an activating group) is 1. The number of likely N-dealkylation sites (tertiary alicyclic amines) is 1. The van der Waals surface area contributed by atoms with E-state index < -0.39 is 0 Å². The van der Waals surface area contributed by atoms with Crippen LogP contribution in [0.15, 0.2) is 23.1 Å². The molecule has 1 aromatic rings. The molecule has 1 aromatic carbocycles. The fourth-order valence-electron chi connectivity index (χ4n) is 5.61. The van der Waals surface area contributed by atoms with E-state index in [2.05, 4.69) is 0 Å². The average Bonchev–Trinajstić information content (AvgIpc) is 2.92. The topological polar surface area (TPSA) is 85.4 Å². The third-order valence-corrected chi connectivity index (χ3v) is 8.95. The molecule has 0 N–H and O–H groups in total. The van der Waals surface area contributed by atoms with Gasteiger partial charge in [0.05, 0.1) is 31.1 Å². The Morgan fingerprint density at radius 2 is 1.92 bits per heavy atom. The number of hydrogen-bond acceptors (Lipinski definition) is 7. The molecule has 4 atom stereocenters. The monoisotopic (exact) mass is 530 g/mol. The molecule has 1 saturated carbocycles. The van der Waals surface area contributed by atoms with Gasteiger partial charge in [0, 0.05) is 37.3 Å². The van der Waals surface area contributed by atoms with Crippen LogP contribution in [0.25, 0.3) is 6.08 Å². The molecule has 4 rings (SSSR count). The van der Waals surface area contributed by atoms with E-state index in [0.29, 0.717) is 49.1 Å². The number of rotatable bonds is 7. The quantitative estimate of drug-likeness (QED) is 0.389. The largest absolute Gasteiger partial charge is 0.493 e. The second-order valence-electron chi connectivity index (χ2n) is 9.88. The lowest BCUT2D eigenvalue weighted by Gasteiger charge is -2.45. The molecule has 0 bridgehead atoms. The molecule has 202 valence electrons. The van der Waals surface area contributed by atoms with Gasteiger partial charge in [0.15, 0.2) is 11.5 Å². The number of piperidine rings is 1. The Labute approximate surface area is 223 Å². The molecule has 2 saturated heterocycles. The van der Waals surface area contributed by atoms with Crippen molar-refractivity contribution in [3.63, 3.8) is 0 Å². The lowest BCUT2D eigenvalue weighted by molar-refractivity contribution is -0.152. The van der Waals surface area contributed by atoms with Gasteiger partial charge < -0.3 is 24.0 Å². The van der Waals surface area contributed by atoms with E-state index in [0.717, 1.165) is 31.2 Å². The molecule has 0 spiro atoms. The van der Waals surface area contributed by atoms with Crippen LogP contribution in [-0.2, 0) is 19.1 Å². The predicted octanol–water partition coefficient (Wildman–Crippen LogP) is 3.98. The lowest BCUT2D eigenvalue weighted by Crippen LogP contribution is -2.53. The molecule has 8 nitrogen and oxygen atoms in total. The van der Waals surface area contributed by atoms with Crippen LogP contribution in [-0.4, -0.2) is 79.3 Å². The summed E-state index contributed by atoms with van der Waals surface area (Å²) in [5.74, 6) is 0.835. The summed E-state index contributed by atoms with van der Waals surface area (Å²) >= 11 is 1.62. The summed E-state index contributed by atoms with van der Waals surface area (Å²) in [7, 11) is 3.45. The van der Waals surface area contributed by atoms with Gasteiger partial charge in [-0.3, -0.25) is 14.4 Å². The van der Waals surface area contributed by atoms with Gasteiger partial charge in [0.25, 0.3) is 5.91 Å². The van der Waals surface area contributed by atoms with Gasteiger partial charge in [0.1, 0.15) is 0 Å². The van der Waals surface area contributed by atoms with Gasteiger partial charge in [-0.05, 0) is 69.7 Å². The number of carbonyl (C=O) groups is 3. The summed E-state index contributed by atoms with van der Waals surface area (Å²) in [6, 6.07) is 5.69. The zero-order chi connectivity index (χ0) is 26.5. The fraction of sp³-hybridized carbons (Fsp3) is 0.607. The van der Waals surface area contributed by atoms with Crippen molar-refractivity contribution in [1.29, 1.82) is 0 Å². The smallest absolute Gasteiger partial charge is 0.310 e. The molecule has 1 aliphatic carbocycles. The van der Waals surface area contributed by atoms with Crippen molar-refractivity contribution >= 4 is 35.6 Å². The van der Waals surface area contributed by atoms with Crippen molar-refractivity contribution in [2.75, 3.05) is 40.5 Å². The Balaban J connectivity index is 1.42. The summed E-state index contributed by atoms with van der Waals surface area (Å²) in [5.41, 5.74) is 0.883. The number of fused-ring (bicyclic) bond motifs is 1. The molecule has 2 aliphatic heterocycles. The van der Waals surface area contributed by atoms with Crippen LogP contribution in [0.2, 0.25) is 0 Å². The Hall–Kier alpha value is -2.68. The van der Waals surface area contributed by atoms with E-state index in [1.54, 1.807) is 25.8 Å². The van der Waals surface area contributed by atoms with Gasteiger partial charge in [-0.15, -0.1) is 11.8 Å². The van der Waals surface area contributed by atoms with Crippen LogP contribution in [0.1, 0.15) is 51.5 Å². The number of methoxy groups -OCH3 is 1. The highest BCUT2D eigenvalue weighted by atomic mass is 32.2. The van der Waals surface area contributed by atoms with E-state index in [9.17, 15) is 14.4 Å². The van der Waals surface area contributed by atoms with E-state index in [-0.39, 0.29) is 40.9 Å². The molecular weight excluding hydrogens is 492 g/mol. The highest BCUT2D eigenvalue weighted by Gasteiger charge is 2.44. The standard InChI is InChI=1S/C28H38N2O6S/c1-5-35-22-11-9-18(14-23(22)34-4)15-25-27(32)29(3)21-16-19(10-12-24(21)37-25)26(31)30-13-7-8-20(17-30)28(33)36-6-2/h9,11,14-15,19-21,24H,5-8,10,12-13,16-17H2,1-4H3/b25-15+. The maximum atomic E-state index is 13.4. The van der Waals surface area contributed by atoms with Crippen LogP contribution in [0.5, 0.6) is 11.5 Å². The third-order valence-electron chi connectivity index (χ3n) is 7.55. The van der Waals surface area contributed by atoms with Crippen LogP contribution in [0.3, 0.4) is 0 Å². The SMILES string of the molecule is CCOC(=O)C1CCCN(C(=O)C2CCC3S/C(=C/c4ccc(OCC)c(OC)c4)C(=O)N(C)C3C2)C1. The van der Waals surface area contributed by atoms with Gasteiger partial charge in [-0.2, -0.15) is 0 Å². The Morgan fingerprint density at radius 3 is 2.65 bits per heavy atom. The van der Waals surface area contributed by atoms with Crippen LogP contribution < -0.4 is 9.47 Å². The van der Waals surface area contributed by atoms with E-state index in [1.807, 2.05) is 48.0 Å². The summed E-state index contributed by atoms with van der Waals surface area (Å²) in [4.78, 5) is 43.3. The number of ether oxygens (including phenoxy) is 3. The highest BCUT2D eigenvalue weighted by Crippen LogP contribution is 2.44. The van der Waals surface area contributed by atoms with E-state index in [4.69, 9.17) is 14.2 Å². The van der Waals surface area contributed by atoms with Crippen molar-refractivity contribution < 1.29 is 28.6 Å². The molecule has 0 aromatic heterocycles. The van der Waals surface area contributed by atoms with Crippen LogP contribution >= 0.6 is 11.8 Å². The number of nitrogens with zero attached hydrogens (tertiary/aromatic N) is 2. The minimum atomic E-state index is -0.239. The first-order valence-electron chi connectivity index (χ1n) is 13.3. The molecule has 37 heavy (non-hydrogen) atoms. The maximum Gasteiger partial charge on any atom is 0.310 e. The molecular formula is C28H38N2O6S. The van der Waals surface area contributed by atoms with Crippen LogP contribution in [0.4, 0.5) is 0 Å². The van der Waals surface area contributed by atoms with Gasteiger partial charge in [-0.1, -0.05) is 6.07 Å². The molecule has 3 fully saturated rings. The summed E-state index contributed by atoms with van der Waals surface area (Å²) in [6.45, 7) is 5.75. The number of benzene rings is 1. The maximum absolute atomic E-state index is 13.4. The highest BCUT2D eigenvalue weighted by molar-refractivity contribution is 8.04. The predicted molar refractivity (Wildman–Crippen MR) is 143 cm³/mol. The molecule has 0 radical (unpaired) electrons. The Bertz CT molecular complexity index is 1040. The van der Waals surface area contributed by atoms with E-state index in [1.165, 1.54) is 0 Å². The zero-order valence-electron chi connectivity index (χ0n) is 22.2. The first-order valence-corrected chi connectivity index (χ1v) is 14.2. The molecule has 3 aliphatic rings. The number of thioether (sulfide) groups is 1. The minimum Gasteiger partial charge on any atom is -0.493 e. The van der Waals surface area contributed by atoms with Crippen molar-refractivity contribution in [1.82, 2.24) is 9.80 Å². The molecule has 4 unspecified atom stereocenters. The van der Waals surface area contributed by atoms with E-state index >= 15 is 0 Å². The summed E-state index contributed by atoms with van der Waals surface area (Å²) in [6.07, 6.45) is 5.80. The Kier molecular flexibility index (Phi) is 9.05. The fourth-order valence-corrected chi connectivity index (χ4v) is 7.09. The summed E-state index contributed by atoms with van der Waals surface area (Å²) < 4.78 is 16.3. The second kappa shape index (κ2) is 12.2. The van der Waals surface area contributed by atoms with Crippen molar-refractivity contribution in [3.05, 3.63) is 28.7 Å². The molecule has 2 heterocycles. The van der Waals surface area contributed by atoms with Crippen LogP contribution in [0, 0.1) is 11.8 Å². The lowest BCUT2D eigenvalue weighted by atomic mass is 9.83. The molecule has 9 heteroatoms. The third kappa shape index (κ3) is 6.08. The normalized spacial score (nSPS) is 27.0. The molecule has 2 amide bonds. The zero-order valence-corrected chi connectivity index (χ0v) is 23.1. The van der Waals surface area contributed by atoms with Gasteiger partial charge in [-0.25, -0.2) is 0 Å². The van der Waals surface area contributed by atoms with Gasteiger partial charge in [0.2, 0.25) is 5.91 Å². The number of esters is 1. The number of hydrogen-bond donors (Lipinski definition) is 0. The average molecular weight is 531 g/mol. The minimum absolute atomic E-state index is 0.0119. The number of amides is 2. The summed E-state index contributed by atoms with van der Waals surface area (Å²) in [5, 5.41) is 0.247. The van der Waals surface area contributed by atoms with Crippen molar-refractivity contribution in [2.45, 2.75) is 57.2 Å². The Morgan fingerprint density at radius 1 is 1.11 bits per heavy atom. The first kappa shape index (κ1) is 27.4. The van der Waals surface area contributed by atoms with Crippen molar-refractivity contribution in [2.24, 2.45) is 11.8 Å².